The van der Waals surface area contributed by atoms with E-state index in [1.807, 2.05) is 12.4 Å². The Bertz CT molecular complexity index is 537. The average molecular weight is 382 g/mol. The summed E-state index contributed by atoms with van der Waals surface area (Å²) in [6.45, 7) is 4.58. The monoisotopic (exact) mass is 381 g/mol. The summed E-state index contributed by atoms with van der Waals surface area (Å²) in [5, 5.41) is 0. The van der Waals surface area contributed by atoms with Gasteiger partial charge in [-0.25, -0.2) is 0 Å². The molecule has 0 spiro atoms. The van der Waals surface area contributed by atoms with Crippen LogP contribution < -0.4 is 0 Å². The van der Waals surface area contributed by atoms with E-state index in [4.69, 9.17) is 0 Å². The molecule has 2 atom stereocenters. The number of unbranched alkanes of at least 4 members (excludes halogenated alkanes) is 8. The normalized spacial score (nSPS) is 15.3. The van der Waals surface area contributed by atoms with Crippen LogP contribution in [0.4, 0.5) is 0 Å². The van der Waals surface area contributed by atoms with Gasteiger partial charge in [-0.1, -0.05) is 118 Å². The van der Waals surface area contributed by atoms with Gasteiger partial charge in [-0.2, -0.15) is 0 Å². The lowest BCUT2D eigenvalue weighted by molar-refractivity contribution is 0.284. The zero-order valence-electron chi connectivity index (χ0n) is 18.3. The third-order valence-electron chi connectivity index (χ3n) is 6.02. The smallest absolute Gasteiger partial charge is 0.0965 e. The fourth-order valence-electron chi connectivity index (χ4n) is 4.36. The van der Waals surface area contributed by atoms with Gasteiger partial charge in [0.2, 0.25) is 6.17 Å². The van der Waals surface area contributed by atoms with Crippen LogP contribution in [0.5, 0.6) is 0 Å². The molecule has 2 heteroatoms. The van der Waals surface area contributed by atoms with Crippen molar-refractivity contribution in [2.75, 3.05) is 0 Å². The summed E-state index contributed by atoms with van der Waals surface area (Å²) in [4.78, 5) is 9.27. The molecule has 1 heterocycles. The first-order chi connectivity index (χ1) is 13.8. The lowest BCUT2D eigenvalue weighted by Crippen LogP contribution is -2.22. The highest BCUT2D eigenvalue weighted by molar-refractivity contribution is 6.18. The van der Waals surface area contributed by atoms with Crippen LogP contribution >= 0.6 is 0 Å². The van der Waals surface area contributed by atoms with E-state index >= 15 is 0 Å². The van der Waals surface area contributed by atoms with Crippen molar-refractivity contribution in [1.29, 1.82) is 0 Å². The molecular weight excluding hydrogens is 340 g/mol. The summed E-state index contributed by atoms with van der Waals surface area (Å²) in [6.07, 6.45) is 22.0. The van der Waals surface area contributed by atoms with Gasteiger partial charge >= 0.3 is 0 Å². The van der Waals surface area contributed by atoms with Crippen molar-refractivity contribution in [2.45, 2.75) is 97.3 Å². The molecule has 1 aliphatic heterocycles. The van der Waals surface area contributed by atoms with E-state index in [1.165, 1.54) is 82.6 Å². The maximum atomic E-state index is 4.64. The molecule has 1 aromatic carbocycles. The van der Waals surface area contributed by atoms with Gasteiger partial charge < -0.3 is 0 Å². The number of aliphatic imine (C=N–C) groups is 2. The van der Waals surface area contributed by atoms with Gasteiger partial charge in [0.25, 0.3) is 0 Å². The van der Waals surface area contributed by atoms with Gasteiger partial charge in [-0.05, 0) is 30.7 Å². The molecule has 1 aromatic rings. The number of hydrogen-bond acceptors (Lipinski definition) is 2. The molecule has 0 saturated heterocycles. The second-order valence-corrected chi connectivity index (χ2v) is 8.38. The molecule has 28 heavy (non-hydrogen) atoms. The second-order valence-electron chi connectivity index (χ2n) is 8.38. The lowest BCUT2D eigenvalue weighted by Gasteiger charge is -2.26. The Labute approximate surface area is 174 Å². The fraction of sp³-hybridized carbons (Fsp3) is 0.654. The lowest BCUT2D eigenvalue weighted by atomic mass is 9.78. The van der Waals surface area contributed by atoms with Crippen molar-refractivity contribution >= 4 is 12.4 Å². The van der Waals surface area contributed by atoms with Gasteiger partial charge in [0.05, 0.1) is 5.92 Å². The third-order valence-corrected chi connectivity index (χ3v) is 6.02. The molecule has 0 aromatic heterocycles. The zero-order chi connectivity index (χ0) is 19.9. The summed E-state index contributed by atoms with van der Waals surface area (Å²) in [5.74, 6) is 1.15. The molecule has 0 amide bonds. The molecule has 0 radical (unpaired) electrons. The first-order valence-electron chi connectivity index (χ1n) is 11.8. The van der Waals surface area contributed by atoms with E-state index in [1.54, 1.807) is 0 Å². The Hall–Kier alpha value is -1.57. The van der Waals surface area contributed by atoms with Crippen LogP contribution in [0.15, 0.2) is 40.3 Å². The maximum absolute atomic E-state index is 4.64. The van der Waals surface area contributed by atoms with E-state index in [0.29, 0.717) is 11.8 Å². The molecule has 0 bridgehead atoms. The SMILES string of the molecule is CCCCCCCCC(Cc1ccccc1)C(CCCCCC)[C+]1N=CC=N1. The molecule has 2 nitrogen and oxygen atoms in total. The highest BCUT2D eigenvalue weighted by Crippen LogP contribution is 2.36. The van der Waals surface area contributed by atoms with Crippen LogP contribution in [-0.2, 0) is 6.42 Å². The molecule has 0 fully saturated rings. The van der Waals surface area contributed by atoms with Crippen molar-refractivity contribution < 1.29 is 0 Å². The first-order valence-corrected chi connectivity index (χ1v) is 11.8. The second kappa shape index (κ2) is 14.4. The third kappa shape index (κ3) is 8.63. The minimum atomic E-state index is 0.503. The summed E-state index contributed by atoms with van der Waals surface area (Å²) in [5.41, 5.74) is 1.46. The van der Waals surface area contributed by atoms with E-state index in [2.05, 4.69) is 54.2 Å². The number of rotatable bonds is 16. The van der Waals surface area contributed by atoms with Crippen LogP contribution in [0.25, 0.3) is 0 Å². The fourth-order valence-corrected chi connectivity index (χ4v) is 4.36. The predicted molar refractivity (Wildman–Crippen MR) is 124 cm³/mol. The van der Waals surface area contributed by atoms with E-state index < -0.39 is 0 Å². The molecule has 1 aliphatic rings. The molecule has 2 rings (SSSR count). The Balaban J connectivity index is 1.98. The van der Waals surface area contributed by atoms with Crippen molar-refractivity contribution in [3.05, 3.63) is 42.1 Å². The van der Waals surface area contributed by atoms with Crippen molar-refractivity contribution in [3.8, 4) is 0 Å². The summed E-state index contributed by atoms with van der Waals surface area (Å²) in [6, 6.07) is 11.0. The van der Waals surface area contributed by atoms with Crippen LogP contribution in [0.2, 0.25) is 0 Å². The van der Waals surface area contributed by atoms with Crippen LogP contribution in [0.3, 0.4) is 0 Å². The van der Waals surface area contributed by atoms with Crippen molar-refractivity contribution in [1.82, 2.24) is 0 Å². The maximum Gasteiger partial charge on any atom is 0.244 e. The molecule has 0 aliphatic carbocycles. The van der Waals surface area contributed by atoms with E-state index in [0.717, 1.165) is 12.6 Å². The summed E-state index contributed by atoms with van der Waals surface area (Å²) in [7, 11) is 0. The van der Waals surface area contributed by atoms with Gasteiger partial charge in [0.1, 0.15) is 0 Å². The van der Waals surface area contributed by atoms with E-state index in [-0.39, 0.29) is 0 Å². The Morgan fingerprint density at radius 3 is 1.96 bits per heavy atom. The van der Waals surface area contributed by atoms with Gasteiger partial charge in [0, 0.05) is 0 Å². The zero-order valence-corrected chi connectivity index (χ0v) is 18.3. The molecular formula is C26H41N2+. The average Bonchev–Trinajstić information content (AvgIpc) is 3.25. The Morgan fingerprint density at radius 1 is 0.714 bits per heavy atom. The highest BCUT2D eigenvalue weighted by Gasteiger charge is 2.35. The number of benzene rings is 1. The highest BCUT2D eigenvalue weighted by atomic mass is 15.0. The first kappa shape index (κ1) is 22.7. The number of nitrogens with zero attached hydrogens (tertiary/aromatic N) is 2. The van der Waals surface area contributed by atoms with Crippen LogP contribution in [0, 0.1) is 18.0 Å². The topological polar surface area (TPSA) is 24.7 Å². The molecule has 154 valence electrons. The molecule has 2 unspecified atom stereocenters. The van der Waals surface area contributed by atoms with Gasteiger partial charge in [-0.3, -0.25) is 0 Å². The van der Waals surface area contributed by atoms with E-state index in [9.17, 15) is 0 Å². The van der Waals surface area contributed by atoms with Gasteiger partial charge in [0.15, 0.2) is 12.4 Å². The Morgan fingerprint density at radius 2 is 1.29 bits per heavy atom. The Kier molecular flexibility index (Phi) is 11.7. The minimum Gasteiger partial charge on any atom is -0.0965 e. The van der Waals surface area contributed by atoms with Crippen LogP contribution in [0.1, 0.15) is 96.5 Å². The standard InChI is InChI=1S/C26H41N2/c1-3-5-7-9-10-14-18-24(22-23-16-12-11-13-17-23)25(19-15-8-6-4-2)26-27-20-21-28-26/h11-13,16-17,20-21,24-25H,3-10,14-15,18-19,22H2,1-2H3/q+1. The van der Waals surface area contributed by atoms with Crippen LogP contribution in [-0.4, -0.2) is 12.4 Å². The summed E-state index contributed by atoms with van der Waals surface area (Å²) < 4.78 is 0. The largest absolute Gasteiger partial charge is 0.244 e. The minimum absolute atomic E-state index is 0.503. The predicted octanol–water partition coefficient (Wildman–Crippen LogP) is 7.83. The molecule has 0 saturated carbocycles. The van der Waals surface area contributed by atoms with Gasteiger partial charge in [-0.15, -0.1) is 0 Å². The summed E-state index contributed by atoms with van der Waals surface area (Å²) >= 11 is 0. The molecule has 0 N–H and O–H groups in total. The quantitative estimate of drug-likeness (QED) is 0.206. The number of hydrogen-bond donors (Lipinski definition) is 0. The van der Waals surface area contributed by atoms with Crippen molar-refractivity contribution in [2.24, 2.45) is 21.8 Å². The van der Waals surface area contributed by atoms with Crippen molar-refractivity contribution in [3.63, 3.8) is 0 Å².